The van der Waals surface area contributed by atoms with Crippen molar-refractivity contribution in [1.82, 2.24) is 10.2 Å². The van der Waals surface area contributed by atoms with Crippen LogP contribution in [0.25, 0.3) is 0 Å². The van der Waals surface area contributed by atoms with Crippen LogP contribution in [-0.4, -0.2) is 35.0 Å². The largest absolute Gasteiger partial charge is 0.311 e. The zero-order valence-electron chi connectivity index (χ0n) is 12.1. The summed E-state index contributed by atoms with van der Waals surface area (Å²) in [7, 11) is 1.98. The molecule has 2 heterocycles. The third kappa shape index (κ3) is 2.91. The van der Waals surface area contributed by atoms with Crippen LogP contribution in [0.2, 0.25) is 0 Å². The molecule has 0 amide bonds. The molecule has 1 N–H and O–H groups in total. The number of rotatable bonds is 4. The summed E-state index contributed by atoms with van der Waals surface area (Å²) in [6.07, 6.45) is 4.59. The van der Waals surface area contributed by atoms with Crippen molar-refractivity contribution in [1.29, 1.82) is 0 Å². The minimum atomic E-state index is -0.703. The second kappa shape index (κ2) is 5.69. The van der Waals surface area contributed by atoms with Gasteiger partial charge < -0.3 is 5.32 Å². The Labute approximate surface area is 123 Å². The lowest BCUT2D eigenvalue weighted by Crippen LogP contribution is -2.46. The topological polar surface area (TPSA) is 58.4 Å². The van der Waals surface area contributed by atoms with Crippen LogP contribution in [0.15, 0.2) is 18.2 Å². The molecule has 2 bridgehead atoms. The fourth-order valence-corrected chi connectivity index (χ4v) is 3.61. The van der Waals surface area contributed by atoms with E-state index in [2.05, 4.69) is 10.2 Å². The van der Waals surface area contributed by atoms with E-state index in [-0.39, 0.29) is 0 Å². The lowest BCUT2D eigenvalue weighted by molar-refractivity contribution is -0.387. The van der Waals surface area contributed by atoms with E-state index in [1.54, 1.807) is 12.1 Å². The molecule has 0 saturated carbocycles. The van der Waals surface area contributed by atoms with Crippen molar-refractivity contribution in [3.8, 4) is 0 Å². The van der Waals surface area contributed by atoms with E-state index in [1.807, 2.05) is 7.05 Å². The number of piperidine rings is 1. The molecule has 0 radical (unpaired) electrons. The summed E-state index contributed by atoms with van der Waals surface area (Å²) in [5, 5.41) is 14.4. The number of hydrogen-bond donors (Lipinski definition) is 1. The van der Waals surface area contributed by atoms with Crippen LogP contribution >= 0.6 is 0 Å². The smallest absolute Gasteiger partial charge is 0.305 e. The van der Waals surface area contributed by atoms with Crippen LogP contribution in [0.4, 0.5) is 10.1 Å². The number of benzene rings is 1. The van der Waals surface area contributed by atoms with E-state index in [9.17, 15) is 14.5 Å². The van der Waals surface area contributed by atoms with Crippen LogP contribution in [0.1, 0.15) is 31.2 Å². The Morgan fingerprint density at radius 1 is 1.38 bits per heavy atom. The lowest BCUT2D eigenvalue weighted by Gasteiger charge is -2.35. The van der Waals surface area contributed by atoms with Crippen LogP contribution in [0.5, 0.6) is 0 Å². The Morgan fingerprint density at radius 2 is 2.05 bits per heavy atom. The van der Waals surface area contributed by atoms with Gasteiger partial charge in [-0.3, -0.25) is 15.0 Å². The van der Waals surface area contributed by atoms with E-state index in [4.69, 9.17) is 0 Å². The highest BCUT2D eigenvalue weighted by molar-refractivity contribution is 5.36. The quantitative estimate of drug-likeness (QED) is 0.684. The molecule has 0 aliphatic carbocycles. The average Bonchev–Trinajstić information content (AvgIpc) is 2.79. The molecule has 6 heteroatoms. The fraction of sp³-hybridized carbons (Fsp3) is 0.600. The average molecular weight is 293 g/mol. The maximum Gasteiger partial charge on any atom is 0.305 e. The molecule has 0 aromatic heterocycles. The summed E-state index contributed by atoms with van der Waals surface area (Å²) < 4.78 is 14.1. The fourth-order valence-electron chi connectivity index (χ4n) is 3.61. The van der Waals surface area contributed by atoms with Crippen molar-refractivity contribution in [3.63, 3.8) is 0 Å². The predicted molar refractivity (Wildman–Crippen MR) is 77.5 cm³/mol. The zero-order valence-corrected chi connectivity index (χ0v) is 12.1. The molecule has 1 aromatic carbocycles. The first-order valence-corrected chi connectivity index (χ1v) is 7.42. The number of nitro benzene ring substituents is 1. The zero-order chi connectivity index (χ0) is 15.0. The molecule has 0 spiro atoms. The van der Waals surface area contributed by atoms with E-state index in [0.29, 0.717) is 30.2 Å². The number of fused-ring (bicyclic) bond motifs is 2. The second-order valence-corrected chi connectivity index (χ2v) is 6.19. The summed E-state index contributed by atoms with van der Waals surface area (Å²) in [6, 6.07) is 5.97. The van der Waals surface area contributed by atoms with Crippen LogP contribution in [-0.2, 0) is 6.54 Å². The van der Waals surface area contributed by atoms with E-state index < -0.39 is 16.4 Å². The number of hydrogen-bond acceptors (Lipinski definition) is 4. The summed E-state index contributed by atoms with van der Waals surface area (Å²) >= 11 is 0. The Kier molecular flexibility index (Phi) is 3.91. The molecular weight excluding hydrogens is 273 g/mol. The Morgan fingerprint density at radius 3 is 2.67 bits per heavy atom. The minimum absolute atomic E-state index is 0.401. The molecule has 2 unspecified atom stereocenters. The maximum absolute atomic E-state index is 14.1. The van der Waals surface area contributed by atoms with Gasteiger partial charge in [0.1, 0.15) is 0 Å². The maximum atomic E-state index is 14.1. The van der Waals surface area contributed by atoms with Gasteiger partial charge in [-0.1, -0.05) is 12.1 Å². The third-order valence-corrected chi connectivity index (χ3v) is 4.75. The lowest BCUT2D eigenvalue weighted by atomic mass is 9.98. The molecule has 2 aliphatic heterocycles. The van der Waals surface area contributed by atoms with Gasteiger partial charge in [0.15, 0.2) is 0 Å². The van der Waals surface area contributed by atoms with Gasteiger partial charge in [0, 0.05) is 36.3 Å². The standard InChI is InChI=1S/C15H20FN3O2/c1-18(13-7-11-5-6-12(8-13)17-11)9-10-3-2-4-14(15(10)16)19(20)21/h2-4,11-13,17H,5-9H2,1H3. The number of nitrogens with one attached hydrogen (secondary N) is 1. The van der Waals surface area contributed by atoms with Gasteiger partial charge in [0.25, 0.3) is 0 Å². The predicted octanol–water partition coefficient (Wildman–Crippen LogP) is 2.45. The Balaban J connectivity index is 1.71. The van der Waals surface area contributed by atoms with Crippen LogP contribution in [0, 0.1) is 15.9 Å². The summed E-state index contributed by atoms with van der Waals surface area (Å²) in [5.41, 5.74) is -0.0381. The van der Waals surface area contributed by atoms with E-state index >= 15 is 0 Å². The van der Waals surface area contributed by atoms with Crippen molar-refractivity contribution in [2.75, 3.05) is 7.05 Å². The molecule has 2 saturated heterocycles. The van der Waals surface area contributed by atoms with Gasteiger partial charge in [-0.05, 0) is 32.7 Å². The first-order valence-electron chi connectivity index (χ1n) is 7.42. The van der Waals surface area contributed by atoms with E-state index in [1.165, 1.54) is 18.9 Å². The molecule has 1 aromatic rings. The summed E-state index contributed by atoms with van der Waals surface area (Å²) in [6.45, 7) is 0.414. The highest BCUT2D eigenvalue weighted by atomic mass is 19.1. The Hall–Kier alpha value is -1.53. The molecule has 5 nitrogen and oxygen atoms in total. The minimum Gasteiger partial charge on any atom is -0.311 e. The second-order valence-electron chi connectivity index (χ2n) is 6.19. The number of nitro groups is 1. The van der Waals surface area contributed by atoms with Gasteiger partial charge in [0.05, 0.1) is 4.92 Å². The molecular formula is C15H20FN3O2. The highest BCUT2D eigenvalue weighted by Crippen LogP contribution is 2.30. The number of nitrogens with zero attached hydrogens (tertiary/aromatic N) is 2. The highest BCUT2D eigenvalue weighted by Gasteiger charge is 2.35. The number of halogens is 1. The van der Waals surface area contributed by atoms with Crippen LogP contribution in [0.3, 0.4) is 0 Å². The first kappa shape index (κ1) is 14.4. The van der Waals surface area contributed by atoms with Crippen molar-refractivity contribution in [2.45, 2.75) is 50.4 Å². The van der Waals surface area contributed by atoms with Gasteiger partial charge >= 0.3 is 5.69 Å². The molecule has 114 valence electrons. The van der Waals surface area contributed by atoms with Crippen molar-refractivity contribution in [3.05, 3.63) is 39.7 Å². The Bertz CT molecular complexity index is 540. The van der Waals surface area contributed by atoms with Crippen molar-refractivity contribution >= 4 is 5.69 Å². The van der Waals surface area contributed by atoms with Gasteiger partial charge in [0.2, 0.25) is 5.82 Å². The van der Waals surface area contributed by atoms with Crippen molar-refractivity contribution in [2.24, 2.45) is 0 Å². The van der Waals surface area contributed by atoms with Crippen molar-refractivity contribution < 1.29 is 9.31 Å². The molecule has 2 aliphatic rings. The summed E-state index contributed by atoms with van der Waals surface area (Å²) in [4.78, 5) is 12.3. The molecule has 21 heavy (non-hydrogen) atoms. The summed E-state index contributed by atoms with van der Waals surface area (Å²) in [5.74, 6) is -0.703. The first-order chi connectivity index (χ1) is 10.0. The SMILES string of the molecule is CN(Cc1cccc([N+](=O)[O-])c1F)C1CC2CCC(C1)N2. The molecule has 3 rings (SSSR count). The van der Waals surface area contributed by atoms with E-state index in [0.717, 1.165) is 12.8 Å². The molecule has 2 atom stereocenters. The van der Waals surface area contributed by atoms with Gasteiger partial charge in [-0.2, -0.15) is 4.39 Å². The van der Waals surface area contributed by atoms with Gasteiger partial charge in [-0.25, -0.2) is 0 Å². The normalized spacial score (nSPS) is 28.0. The third-order valence-electron chi connectivity index (χ3n) is 4.75. The van der Waals surface area contributed by atoms with Crippen LogP contribution < -0.4 is 5.32 Å². The monoisotopic (exact) mass is 293 g/mol. The molecule has 2 fully saturated rings. The van der Waals surface area contributed by atoms with Gasteiger partial charge in [-0.15, -0.1) is 0 Å².